The van der Waals surface area contributed by atoms with Crippen molar-refractivity contribution in [3.63, 3.8) is 0 Å². The number of nitrogens with zero attached hydrogens (tertiary/aromatic N) is 2. The molecule has 194 valence electrons. The van der Waals surface area contributed by atoms with Crippen molar-refractivity contribution in [2.24, 2.45) is 17.3 Å². The number of aliphatic hydroxyl groups excluding tert-OH is 2. The number of aromatic nitrogens is 1. The van der Waals surface area contributed by atoms with Crippen molar-refractivity contribution >= 4 is 27.9 Å². The first-order chi connectivity index (χ1) is 17.6. The van der Waals surface area contributed by atoms with Crippen molar-refractivity contribution in [3.05, 3.63) is 70.6 Å². The zero-order valence-corrected chi connectivity index (χ0v) is 22.7. The highest BCUT2D eigenvalue weighted by Crippen LogP contribution is 2.69. The number of hydrogen-bond acceptors (Lipinski definition) is 5. The molecule has 37 heavy (non-hydrogen) atoms. The molecule has 8 unspecified atom stereocenters. The molecule has 2 fully saturated rings. The van der Waals surface area contributed by atoms with E-state index < -0.39 is 17.8 Å². The molecule has 1 saturated carbocycles. The summed E-state index contributed by atoms with van der Waals surface area (Å²) >= 11 is 6.36. The molecular formula is C31H35ClN2O3. The quantitative estimate of drug-likeness (QED) is 0.538. The minimum atomic E-state index is -0.905. The zero-order valence-electron chi connectivity index (χ0n) is 21.9. The maximum atomic E-state index is 11.2. The van der Waals surface area contributed by atoms with Gasteiger partial charge in [0, 0.05) is 29.0 Å². The van der Waals surface area contributed by atoms with Gasteiger partial charge < -0.3 is 19.8 Å². The van der Waals surface area contributed by atoms with Crippen molar-refractivity contribution in [1.29, 1.82) is 0 Å². The average Bonchev–Trinajstić information content (AvgIpc) is 3.39. The molecule has 2 aromatic rings. The second-order valence-corrected chi connectivity index (χ2v) is 12.8. The number of pyridine rings is 1. The predicted molar refractivity (Wildman–Crippen MR) is 146 cm³/mol. The molecule has 2 bridgehead atoms. The molecule has 8 atom stereocenters. The summed E-state index contributed by atoms with van der Waals surface area (Å²) in [5.74, 6) is 0.595. The summed E-state index contributed by atoms with van der Waals surface area (Å²) in [6, 6.07) is 8.43. The van der Waals surface area contributed by atoms with E-state index in [0.29, 0.717) is 17.5 Å². The first-order valence-corrected chi connectivity index (χ1v) is 13.9. The summed E-state index contributed by atoms with van der Waals surface area (Å²) in [5.41, 5.74) is 3.73. The lowest BCUT2D eigenvalue weighted by Gasteiger charge is -2.57. The van der Waals surface area contributed by atoms with Gasteiger partial charge in [-0.2, -0.15) is 0 Å². The largest absolute Gasteiger partial charge is 0.388 e. The van der Waals surface area contributed by atoms with Crippen LogP contribution in [0.3, 0.4) is 0 Å². The van der Waals surface area contributed by atoms with Gasteiger partial charge in [-0.05, 0) is 85.5 Å². The lowest BCUT2D eigenvalue weighted by Crippen LogP contribution is -2.62. The summed E-state index contributed by atoms with van der Waals surface area (Å²) in [4.78, 5) is 6.27. The van der Waals surface area contributed by atoms with Gasteiger partial charge >= 0.3 is 0 Å². The van der Waals surface area contributed by atoms with Gasteiger partial charge in [-0.3, -0.25) is 0 Å². The fourth-order valence-electron chi connectivity index (χ4n) is 8.56. The Morgan fingerprint density at radius 3 is 2.76 bits per heavy atom. The molecule has 1 saturated heterocycles. The van der Waals surface area contributed by atoms with Gasteiger partial charge in [0.25, 0.3) is 0 Å². The first kappa shape index (κ1) is 24.1. The standard InChI is InChI=1S/C31H35ClN2O3/c1-17-13-20-15-23-26(35)27(36)24(34(3)4)16-30(23)10-11-31(20,37-30)25-8-7-22(29(17,25)2)19-5-6-21-18(14-19)9-12-33-28(21)32/h5-7,9,12-15,17,24-27,35-36H,8,10-11,16H2,1-4H3. The normalized spacial score (nSPS) is 42.2. The van der Waals surface area contributed by atoms with Crippen molar-refractivity contribution in [2.75, 3.05) is 14.1 Å². The van der Waals surface area contributed by atoms with E-state index in [1.165, 1.54) is 16.7 Å². The minimum Gasteiger partial charge on any atom is -0.388 e. The molecule has 3 aliphatic carbocycles. The van der Waals surface area contributed by atoms with Crippen LogP contribution >= 0.6 is 11.6 Å². The van der Waals surface area contributed by atoms with Crippen molar-refractivity contribution in [3.8, 4) is 0 Å². The third kappa shape index (κ3) is 2.98. The highest BCUT2D eigenvalue weighted by molar-refractivity contribution is 6.34. The molecule has 6 heteroatoms. The van der Waals surface area contributed by atoms with Crippen LogP contribution in [0.25, 0.3) is 16.3 Å². The molecule has 0 radical (unpaired) electrons. The van der Waals surface area contributed by atoms with Gasteiger partial charge in [-0.15, -0.1) is 0 Å². The summed E-state index contributed by atoms with van der Waals surface area (Å²) in [5, 5.41) is 24.8. The zero-order chi connectivity index (χ0) is 25.9. The molecular weight excluding hydrogens is 484 g/mol. The van der Waals surface area contributed by atoms with Gasteiger partial charge in [0.2, 0.25) is 0 Å². The Kier molecular flexibility index (Phi) is 5.05. The first-order valence-electron chi connectivity index (χ1n) is 13.5. The average molecular weight is 519 g/mol. The van der Waals surface area contributed by atoms with Crippen molar-refractivity contribution in [2.45, 2.75) is 69.0 Å². The molecule has 2 aliphatic heterocycles. The lowest BCUT2D eigenvalue weighted by atomic mass is 9.54. The summed E-state index contributed by atoms with van der Waals surface area (Å²) in [6.45, 7) is 4.74. The van der Waals surface area contributed by atoms with Crippen LogP contribution in [-0.4, -0.2) is 63.6 Å². The number of likely N-dealkylation sites (N-methyl/N-ethyl adjacent to an activating group) is 1. The van der Waals surface area contributed by atoms with Crippen LogP contribution in [0.5, 0.6) is 0 Å². The maximum Gasteiger partial charge on any atom is 0.136 e. The van der Waals surface area contributed by atoms with E-state index in [0.717, 1.165) is 35.6 Å². The topological polar surface area (TPSA) is 65.8 Å². The minimum absolute atomic E-state index is 0.0847. The van der Waals surface area contributed by atoms with E-state index in [2.05, 4.69) is 55.3 Å². The fraction of sp³-hybridized carbons (Fsp3) is 0.516. The van der Waals surface area contributed by atoms with Crippen LogP contribution in [-0.2, 0) is 4.74 Å². The Hall–Kier alpha value is -2.02. The Bertz CT molecular complexity index is 1410. The number of fused-ring (bicyclic) bond motifs is 2. The Balaban J connectivity index is 1.33. The highest BCUT2D eigenvalue weighted by Gasteiger charge is 2.68. The molecule has 2 N–H and O–H groups in total. The maximum absolute atomic E-state index is 11.2. The van der Waals surface area contributed by atoms with Crippen molar-refractivity contribution < 1.29 is 14.9 Å². The molecule has 1 aromatic heterocycles. The van der Waals surface area contributed by atoms with E-state index in [1.54, 1.807) is 6.20 Å². The lowest BCUT2D eigenvalue weighted by molar-refractivity contribution is -0.165. The van der Waals surface area contributed by atoms with Crippen molar-refractivity contribution in [1.82, 2.24) is 9.88 Å². The van der Waals surface area contributed by atoms with E-state index in [1.807, 2.05) is 25.1 Å². The molecule has 2 spiro atoms. The third-order valence-corrected chi connectivity index (χ3v) is 11.0. The molecule has 1 aromatic carbocycles. The van der Waals surface area contributed by atoms with E-state index in [-0.39, 0.29) is 23.0 Å². The Morgan fingerprint density at radius 2 is 1.97 bits per heavy atom. The summed E-state index contributed by atoms with van der Waals surface area (Å²) in [6.07, 6.45) is 10.6. The van der Waals surface area contributed by atoms with Gasteiger partial charge in [0.15, 0.2) is 0 Å². The smallest absolute Gasteiger partial charge is 0.136 e. The van der Waals surface area contributed by atoms with E-state index >= 15 is 0 Å². The number of aliphatic hydroxyl groups is 2. The second kappa shape index (κ2) is 7.77. The third-order valence-electron chi connectivity index (χ3n) is 10.7. The number of hydrogen-bond donors (Lipinski definition) is 2. The summed E-state index contributed by atoms with van der Waals surface area (Å²) < 4.78 is 7.28. The monoisotopic (exact) mass is 518 g/mol. The fourth-order valence-corrected chi connectivity index (χ4v) is 8.79. The number of benzene rings is 1. The summed E-state index contributed by atoms with van der Waals surface area (Å²) in [7, 11) is 3.95. The number of allylic oxidation sites excluding steroid dienone is 3. The van der Waals surface area contributed by atoms with Gasteiger partial charge in [-0.25, -0.2) is 4.98 Å². The van der Waals surface area contributed by atoms with Crippen LogP contribution in [0.1, 0.15) is 45.1 Å². The second-order valence-electron chi connectivity index (χ2n) is 12.4. The van der Waals surface area contributed by atoms with Crippen LogP contribution in [0.4, 0.5) is 0 Å². The van der Waals surface area contributed by atoms with Crippen LogP contribution in [0.15, 0.2) is 59.8 Å². The number of ether oxygens (including phenoxy) is 1. The van der Waals surface area contributed by atoms with Crippen LogP contribution < -0.4 is 0 Å². The Labute approximate surface area is 223 Å². The number of halogens is 1. The molecule has 5 nitrogen and oxygen atoms in total. The van der Waals surface area contributed by atoms with E-state index in [9.17, 15) is 10.2 Å². The van der Waals surface area contributed by atoms with Crippen LogP contribution in [0, 0.1) is 17.3 Å². The number of rotatable bonds is 2. The van der Waals surface area contributed by atoms with Gasteiger partial charge in [-0.1, -0.05) is 55.8 Å². The molecule has 3 heterocycles. The van der Waals surface area contributed by atoms with Gasteiger partial charge in [0.1, 0.15) is 11.3 Å². The SMILES string of the molecule is CC1C=C2C=C3C(O)C(O)C(N(C)C)CC34CCC2(O4)C2CC=C(c3ccc4c(Cl)nccc4c3)C12C. The molecule has 0 amide bonds. The highest BCUT2D eigenvalue weighted by atomic mass is 35.5. The Morgan fingerprint density at radius 1 is 1.16 bits per heavy atom. The van der Waals surface area contributed by atoms with E-state index in [4.69, 9.17) is 16.3 Å². The molecule has 7 rings (SSSR count). The predicted octanol–water partition coefficient (Wildman–Crippen LogP) is 5.16. The molecule has 5 aliphatic rings. The van der Waals surface area contributed by atoms with Gasteiger partial charge in [0.05, 0.1) is 17.3 Å². The van der Waals surface area contributed by atoms with Crippen LogP contribution in [0.2, 0.25) is 5.15 Å².